The summed E-state index contributed by atoms with van der Waals surface area (Å²) >= 11 is 0. The molecular formula is C17H16O4. The summed E-state index contributed by atoms with van der Waals surface area (Å²) in [6.45, 7) is 1.70. The average Bonchev–Trinajstić information content (AvgIpc) is 2.52. The van der Waals surface area contributed by atoms with Crippen LogP contribution in [-0.4, -0.2) is 25.5 Å². The quantitative estimate of drug-likeness (QED) is 0.626. The molecule has 2 aromatic rings. The predicted octanol–water partition coefficient (Wildman–Crippen LogP) is 2.78. The molecule has 0 unspecified atom stereocenters. The molecule has 0 bridgehead atoms. The molecule has 0 spiro atoms. The summed E-state index contributed by atoms with van der Waals surface area (Å²) in [6, 6.07) is 14.2. The van der Waals surface area contributed by atoms with Crippen molar-refractivity contribution >= 4 is 11.8 Å². The first kappa shape index (κ1) is 14.8. The number of hydrogen-bond donors (Lipinski definition) is 0. The van der Waals surface area contributed by atoms with Crippen molar-refractivity contribution in [3.8, 4) is 5.75 Å². The van der Waals surface area contributed by atoms with E-state index >= 15 is 0 Å². The van der Waals surface area contributed by atoms with Gasteiger partial charge < -0.3 is 9.47 Å². The molecule has 0 aliphatic carbocycles. The average molecular weight is 284 g/mol. The predicted molar refractivity (Wildman–Crippen MR) is 78.6 cm³/mol. The Bertz CT molecular complexity index is 661. The third-order valence-electron chi connectivity index (χ3n) is 2.99. The number of carbonyl (C=O) groups is 2. The van der Waals surface area contributed by atoms with E-state index in [4.69, 9.17) is 4.74 Å². The van der Waals surface area contributed by atoms with Crippen LogP contribution in [0, 0.1) is 6.92 Å². The number of carbonyl (C=O) groups excluding carboxylic acids is 2. The number of benzene rings is 2. The van der Waals surface area contributed by atoms with E-state index in [9.17, 15) is 9.59 Å². The Morgan fingerprint density at radius 3 is 2.52 bits per heavy atom. The monoisotopic (exact) mass is 284 g/mol. The van der Waals surface area contributed by atoms with Gasteiger partial charge in [0.25, 0.3) is 0 Å². The summed E-state index contributed by atoms with van der Waals surface area (Å²) in [5.74, 6) is -0.263. The zero-order valence-corrected chi connectivity index (χ0v) is 12.0. The van der Waals surface area contributed by atoms with Crippen molar-refractivity contribution < 1.29 is 19.1 Å². The van der Waals surface area contributed by atoms with Gasteiger partial charge in [0.2, 0.25) is 0 Å². The van der Waals surface area contributed by atoms with E-state index in [0.29, 0.717) is 16.9 Å². The number of rotatable bonds is 5. The SMILES string of the molecule is COC(=O)COc1ccccc1C(=O)c1cccc(C)c1. The molecule has 0 aromatic heterocycles. The van der Waals surface area contributed by atoms with E-state index in [1.54, 1.807) is 30.3 Å². The van der Waals surface area contributed by atoms with Gasteiger partial charge in [-0.2, -0.15) is 0 Å². The van der Waals surface area contributed by atoms with Crippen molar-refractivity contribution in [1.29, 1.82) is 0 Å². The van der Waals surface area contributed by atoms with E-state index in [0.717, 1.165) is 5.56 Å². The second-order valence-corrected chi connectivity index (χ2v) is 4.56. The molecule has 4 heteroatoms. The van der Waals surface area contributed by atoms with E-state index in [-0.39, 0.29) is 12.4 Å². The molecule has 108 valence electrons. The van der Waals surface area contributed by atoms with Crippen LogP contribution in [0.3, 0.4) is 0 Å². The third-order valence-corrected chi connectivity index (χ3v) is 2.99. The molecule has 0 fully saturated rings. The van der Waals surface area contributed by atoms with Gasteiger partial charge in [0.15, 0.2) is 12.4 Å². The second kappa shape index (κ2) is 6.70. The highest BCUT2D eigenvalue weighted by Gasteiger charge is 2.15. The molecule has 0 amide bonds. The smallest absolute Gasteiger partial charge is 0.343 e. The van der Waals surface area contributed by atoms with Crippen molar-refractivity contribution in [3.63, 3.8) is 0 Å². The van der Waals surface area contributed by atoms with Crippen LogP contribution in [0.1, 0.15) is 21.5 Å². The first-order valence-corrected chi connectivity index (χ1v) is 6.52. The van der Waals surface area contributed by atoms with E-state index < -0.39 is 5.97 Å². The normalized spacial score (nSPS) is 10.0. The molecule has 0 saturated heterocycles. The number of esters is 1. The standard InChI is InChI=1S/C17H16O4/c1-12-6-5-7-13(10-12)17(19)14-8-3-4-9-15(14)21-11-16(18)20-2/h3-10H,11H2,1-2H3. The molecule has 4 nitrogen and oxygen atoms in total. The number of aryl methyl sites for hydroxylation is 1. The Balaban J connectivity index is 2.27. The highest BCUT2D eigenvalue weighted by Crippen LogP contribution is 2.22. The zero-order valence-electron chi connectivity index (χ0n) is 12.0. The first-order chi connectivity index (χ1) is 10.1. The van der Waals surface area contributed by atoms with E-state index in [1.807, 2.05) is 25.1 Å². The summed E-state index contributed by atoms with van der Waals surface area (Å²) in [5.41, 5.74) is 2.02. The Morgan fingerprint density at radius 2 is 1.81 bits per heavy atom. The molecular weight excluding hydrogens is 268 g/mol. The minimum absolute atomic E-state index is 0.140. The molecule has 0 radical (unpaired) electrons. The van der Waals surface area contributed by atoms with Crippen LogP contribution in [0.4, 0.5) is 0 Å². The minimum Gasteiger partial charge on any atom is -0.481 e. The van der Waals surface area contributed by atoms with E-state index in [2.05, 4.69) is 4.74 Å². The van der Waals surface area contributed by atoms with Crippen LogP contribution in [0.15, 0.2) is 48.5 Å². The molecule has 0 heterocycles. The molecule has 0 atom stereocenters. The van der Waals surface area contributed by atoms with Gasteiger partial charge in [-0.15, -0.1) is 0 Å². The van der Waals surface area contributed by atoms with Gasteiger partial charge in [-0.05, 0) is 25.1 Å². The van der Waals surface area contributed by atoms with Crippen LogP contribution in [0.5, 0.6) is 5.75 Å². The maximum atomic E-state index is 12.5. The second-order valence-electron chi connectivity index (χ2n) is 4.56. The highest BCUT2D eigenvalue weighted by atomic mass is 16.6. The Labute approximate surface area is 123 Å². The highest BCUT2D eigenvalue weighted by molar-refractivity contribution is 6.10. The van der Waals surface area contributed by atoms with Crippen LogP contribution in [0.2, 0.25) is 0 Å². The molecule has 0 aliphatic rings. The Hall–Kier alpha value is -2.62. The lowest BCUT2D eigenvalue weighted by Gasteiger charge is -2.10. The Kier molecular flexibility index (Phi) is 4.72. The van der Waals surface area contributed by atoms with Crippen molar-refractivity contribution in [2.24, 2.45) is 0 Å². The maximum Gasteiger partial charge on any atom is 0.343 e. The molecule has 0 aliphatic heterocycles. The fourth-order valence-corrected chi connectivity index (χ4v) is 1.92. The Morgan fingerprint density at radius 1 is 1.05 bits per heavy atom. The zero-order chi connectivity index (χ0) is 15.2. The van der Waals surface area contributed by atoms with Crippen LogP contribution >= 0.6 is 0 Å². The molecule has 21 heavy (non-hydrogen) atoms. The van der Waals surface area contributed by atoms with Gasteiger partial charge >= 0.3 is 5.97 Å². The lowest BCUT2D eigenvalue weighted by molar-refractivity contribution is -0.142. The molecule has 0 saturated carbocycles. The molecule has 2 aromatic carbocycles. The number of ether oxygens (including phenoxy) is 2. The van der Waals surface area contributed by atoms with Crippen LogP contribution < -0.4 is 4.74 Å². The van der Waals surface area contributed by atoms with Crippen LogP contribution in [-0.2, 0) is 9.53 Å². The van der Waals surface area contributed by atoms with Crippen molar-refractivity contribution in [2.75, 3.05) is 13.7 Å². The van der Waals surface area contributed by atoms with Crippen LogP contribution in [0.25, 0.3) is 0 Å². The number of para-hydroxylation sites is 1. The summed E-state index contributed by atoms with van der Waals surface area (Å²) in [6.07, 6.45) is 0. The molecule has 0 N–H and O–H groups in total. The van der Waals surface area contributed by atoms with Gasteiger partial charge in [0.1, 0.15) is 5.75 Å². The van der Waals surface area contributed by atoms with E-state index in [1.165, 1.54) is 7.11 Å². The van der Waals surface area contributed by atoms with Gasteiger partial charge in [0, 0.05) is 5.56 Å². The van der Waals surface area contributed by atoms with Gasteiger partial charge in [-0.25, -0.2) is 4.79 Å². The molecule has 2 rings (SSSR count). The number of ketones is 1. The maximum absolute atomic E-state index is 12.5. The number of methoxy groups -OCH3 is 1. The summed E-state index contributed by atoms with van der Waals surface area (Å²) in [4.78, 5) is 23.7. The number of hydrogen-bond acceptors (Lipinski definition) is 4. The fraction of sp³-hybridized carbons (Fsp3) is 0.176. The lowest BCUT2D eigenvalue weighted by Crippen LogP contribution is -2.14. The lowest BCUT2D eigenvalue weighted by atomic mass is 10.0. The largest absolute Gasteiger partial charge is 0.481 e. The first-order valence-electron chi connectivity index (χ1n) is 6.52. The fourth-order valence-electron chi connectivity index (χ4n) is 1.92. The summed E-state index contributed by atoms with van der Waals surface area (Å²) in [5, 5.41) is 0. The topological polar surface area (TPSA) is 52.6 Å². The minimum atomic E-state index is -0.493. The van der Waals surface area contributed by atoms with Crippen molar-refractivity contribution in [2.45, 2.75) is 6.92 Å². The van der Waals surface area contributed by atoms with Crippen molar-refractivity contribution in [3.05, 3.63) is 65.2 Å². The van der Waals surface area contributed by atoms with Gasteiger partial charge in [-0.1, -0.05) is 35.9 Å². The summed E-state index contributed by atoms with van der Waals surface area (Å²) in [7, 11) is 1.29. The van der Waals surface area contributed by atoms with Gasteiger partial charge in [0.05, 0.1) is 12.7 Å². The summed E-state index contributed by atoms with van der Waals surface area (Å²) < 4.78 is 9.89. The third kappa shape index (κ3) is 3.69. The van der Waals surface area contributed by atoms with Gasteiger partial charge in [-0.3, -0.25) is 4.79 Å². The van der Waals surface area contributed by atoms with Crippen molar-refractivity contribution in [1.82, 2.24) is 0 Å².